The van der Waals surface area contributed by atoms with Crippen LogP contribution in [0.15, 0.2) is 22.7 Å². The number of aliphatic hydroxyl groups excluding tert-OH is 1. The Morgan fingerprint density at radius 2 is 2.28 bits per heavy atom. The van der Waals surface area contributed by atoms with E-state index in [2.05, 4.69) is 10.1 Å². The lowest BCUT2D eigenvalue weighted by Gasteiger charge is -2.00. The molecule has 0 aliphatic carbocycles. The summed E-state index contributed by atoms with van der Waals surface area (Å²) in [4.78, 5) is 3.98. The maximum absolute atomic E-state index is 12.9. The van der Waals surface area contributed by atoms with Crippen molar-refractivity contribution in [1.29, 1.82) is 0 Å². The molecule has 1 atom stereocenters. The topological polar surface area (TPSA) is 85.2 Å². The minimum absolute atomic E-state index is 0.00105. The van der Waals surface area contributed by atoms with Crippen molar-refractivity contribution in [1.82, 2.24) is 10.1 Å². The summed E-state index contributed by atoms with van der Waals surface area (Å²) >= 11 is 5.88. The third-order valence-corrected chi connectivity index (χ3v) is 2.71. The van der Waals surface area contributed by atoms with Crippen LogP contribution in [0.3, 0.4) is 0 Å². The molecule has 18 heavy (non-hydrogen) atoms. The second-order valence-corrected chi connectivity index (χ2v) is 4.12. The minimum atomic E-state index is -0.977. The average Bonchev–Trinajstić information content (AvgIpc) is 2.80. The van der Waals surface area contributed by atoms with Crippen molar-refractivity contribution in [2.45, 2.75) is 12.5 Å². The largest absolute Gasteiger partial charge is 0.382 e. The number of aliphatic hydroxyl groups is 1. The normalized spacial score (nSPS) is 12.7. The van der Waals surface area contributed by atoms with Crippen molar-refractivity contribution in [3.05, 3.63) is 46.3 Å². The zero-order valence-electron chi connectivity index (χ0n) is 9.31. The van der Waals surface area contributed by atoms with Gasteiger partial charge in [0.25, 0.3) is 5.89 Å². The molecule has 7 heteroatoms. The van der Waals surface area contributed by atoms with E-state index in [9.17, 15) is 9.50 Å². The van der Waals surface area contributed by atoms with Crippen LogP contribution in [0.1, 0.15) is 23.4 Å². The van der Waals surface area contributed by atoms with Gasteiger partial charge in [0.05, 0.1) is 0 Å². The van der Waals surface area contributed by atoms with E-state index < -0.39 is 11.9 Å². The zero-order chi connectivity index (χ0) is 13.1. The molecule has 2 rings (SSSR count). The number of aromatic nitrogens is 2. The standard InChI is InChI=1S/C11H11ClFN3O2/c12-8-4-7(13)2-1-6(8)3-10-15-11(18-16-10)9(17)5-14/h1-2,4,9,17H,3,5,14H2. The van der Waals surface area contributed by atoms with Gasteiger partial charge in [-0.15, -0.1) is 0 Å². The molecule has 1 heterocycles. The van der Waals surface area contributed by atoms with Crippen molar-refractivity contribution in [3.8, 4) is 0 Å². The first-order valence-corrected chi connectivity index (χ1v) is 5.62. The van der Waals surface area contributed by atoms with Gasteiger partial charge in [-0.2, -0.15) is 4.98 Å². The van der Waals surface area contributed by atoms with E-state index in [1.54, 1.807) is 6.07 Å². The van der Waals surface area contributed by atoms with E-state index in [0.29, 0.717) is 22.8 Å². The first-order valence-electron chi connectivity index (χ1n) is 5.24. The fraction of sp³-hybridized carbons (Fsp3) is 0.273. The molecule has 0 radical (unpaired) electrons. The molecule has 0 saturated heterocycles. The van der Waals surface area contributed by atoms with E-state index in [-0.39, 0.29) is 12.4 Å². The lowest BCUT2D eigenvalue weighted by Crippen LogP contribution is -2.11. The SMILES string of the molecule is NCC(O)c1nc(Cc2ccc(F)cc2Cl)no1. The summed E-state index contributed by atoms with van der Waals surface area (Å²) in [5.41, 5.74) is 5.94. The van der Waals surface area contributed by atoms with Crippen LogP contribution in [-0.4, -0.2) is 21.8 Å². The quantitative estimate of drug-likeness (QED) is 0.879. The zero-order valence-corrected chi connectivity index (χ0v) is 10.1. The Kier molecular flexibility index (Phi) is 3.90. The molecule has 2 aromatic rings. The van der Waals surface area contributed by atoms with Gasteiger partial charge >= 0.3 is 0 Å². The van der Waals surface area contributed by atoms with Crippen LogP contribution in [0.25, 0.3) is 0 Å². The van der Waals surface area contributed by atoms with Crippen molar-refractivity contribution in [3.63, 3.8) is 0 Å². The number of nitrogens with two attached hydrogens (primary N) is 1. The summed E-state index contributed by atoms with van der Waals surface area (Å²) in [6.07, 6.45) is -0.685. The highest BCUT2D eigenvalue weighted by Crippen LogP contribution is 2.20. The van der Waals surface area contributed by atoms with Gasteiger partial charge in [0.2, 0.25) is 0 Å². The van der Waals surface area contributed by atoms with Gasteiger partial charge in [-0.25, -0.2) is 4.39 Å². The minimum Gasteiger partial charge on any atom is -0.382 e. The molecule has 5 nitrogen and oxygen atoms in total. The molecule has 0 fully saturated rings. The van der Waals surface area contributed by atoms with Crippen LogP contribution in [0.5, 0.6) is 0 Å². The first-order chi connectivity index (χ1) is 8.60. The van der Waals surface area contributed by atoms with Gasteiger partial charge < -0.3 is 15.4 Å². The molecule has 0 bridgehead atoms. The number of benzene rings is 1. The van der Waals surface area contributed by atoms with Gasteiger partial charge in [-0.05, 0) is 17.7 Å². The van der Waals surface area contributed by atoms with E-state index in [0.717, 1.165) is 0 Å². The molecule has 0 aliphatic heterocycles. The van der Waals surface area contributed by atoms with Gasteiger partial charge in [0.1, 0.15) is 11.9 Å². The summed E-state index contributed by atoms with van der Waals surface area (Å²) in [6, 6.07) is 4.07. The van der Waals surface area contributed by atoms with Crippen LogP contribution in [0.4, 0.5) is 4.39 Å². The lowest BCUT2D eigenvalue weighted by molar-refractivity contribution is 0.141. The molecule has 0 spiro atoms. The van der Waals surface area contributed by atoms with E-state index in [1.807, 2.05) is 0 Å². The highest BCUT2D eigenvalue weighted by Gasteiger charge is 2.15. The first kappa shape index (κ1) is 12.9. The molecule has 1 unspecified atom stereocenters. The maximum atomic E-state index is 12.9. The predicted molar refractivity (Wildman–Crippen MR) is 62.5 cm³/mol. The number of hydrogen-bond acceptors (Lipinski definition) is 5. The van der Waals surface area contributed by atoms with Crippen LogP contribution < -0.4 is 5.73 Å². The van der Waals surface area contributed by atoms with Crippen molar-refractivity contribution in [2.24, 2.45) is 5.73 Å². The number of rotatable bonds is 4. The fourth-order valence-electron chi connectivity index (χ4n) is 1.41. The van der Waals surface area contributed by atoms with Crippen molar-refractivity contribution >= 4 is 11.6 Å². The number of halogens is 2. The molecular weight excluding hydrogens is 261 g/mol. The highest BCUT2D eigenvalue weighted by atomic mass is 35.5. The number of nitrogens with zero attached hydrogens (tertiary/aromatic N) is 2. The third-order valence-electron chi connectivity index (χ3n) is 2.36. The monoisotopic (exact) mass is 271 g/mol. The molecule has 0 amide bonds. The summed E-state index contributed by atoms with van der Waals surface area (Å²) in [5, 5.41) is 13.4. The number of hydrogen-bond donors (Lipinski definition) is 2. The van der Waals surface area contributed by atoms with Gasteiger partial charge in [0.15, 0.2) is 5.82 Å². The van der Waals surface area contributed by atoms with E-state index in [1.165, 1.54) is 12.1 Å². The Labute approximate surface area is 107 Å². The van der Waals surface area contributed by atoms with Crippen molar-refractivity contribution in [2.75, 3.05) is 6.54 Å². The molecule has 1 aromatic carbocycles. The fourth-order valence-corrected chi connectivity index (χ4v) is 1.64. The molecule has 3 N–H and O–H groups in total. The van der Waals surface area contributed by atoms with E-state index in [4.69, 9.17) is 21.9 Å². The average molecular weight is 272 g/mol. The van der Waals surface area contributed by atoms with Crippen LogP contribution in [0.2, 0.25) is 5.02 Å². The Hall–Kier alpha value is -1.50. The third kappa shape index (κ3) is 2.84. The van der Waals surface area contributed by atoms with Crippen LogP contribution in [0, 0.1) is 5.82 Å². The summed E-state index contributed by atoms with van der Waals surface area (Å²) in [6.45, 7) is -0.00105. The Morgan fingerprint density at radius 1 is 1.50 bits per heavy atom. The highest BCUT2D eigenvalue weighted by molar-refractivity contribution is 6.31. The van der Waals surface area contributed by atoms with Crippen molar-refractivity contribution < 1.29 is 14.0 Å². The molecular formula is C11H11ClFN3O2. The van der Waals surface area contributed by atoms with Gasteiger partial charge in [-0.3, -0.25) is 0 Å². The molecule has 0 aliphatic rings. The second kappa shape index (κ2) is 5.43. The lowest BCUT2D eigenvalue weighted by atomic mass is 10.1. The van der Waals surface area contributed by atoms with E-state index >= 15 is 0 Å². The Morgan fingerprint density at radius 3 is 2.94 bits per heavy atom. The second-order valence-electron chi connectivity index (χ2n) is 3.71. The summed E-state index contributed by atoms with van der Waals surface area (Å²) in [7, 11) is 0. The predicted octanol–water partition coefficient (Wildman–Crippen LogP) is 1.44. The molecule has 0 saturated carbocycles. The summed E-state index contributed by atoms with van der Waals surface area (Å²) in [5.74, 6) is 0.00727. The Balaban J connectivity index is 2.16. The molecule has 96 valence electrons. The molecule has 1 aromatic heterocycles. The van der Waals surface area contributed by atoms with Crippen LogP contribution >= 0.6 is 11.6 Å². The van der Waals surface area contributed by atoms with Gasteiger partial charge in [0, 0.05) is 18.0 Å². The smallest absolute Gasteiger partial charge is 0.256 e. The Bertz CT molecular complexity index is 547. The van der Waals surface area contributed by atoms with Crippen LogP contribution in [-0.2, 0) is 6.42 Å². The summed E-state index contributed by atoms with van der Waals surface area (Å²) < 4.78 is 17.7. The van der Waals surface area contributed by atoms with Gasteiger partial charge in [-0.1, -0.05) is 22.8 Å². The maximum Gasteiger partial charge on any atom is 0.256 e.